The van der Waals surface area contributed by atoms with Crippen molar-refractivity contribution in [3.63, 3.8) is 0 Å². The van der Waals surface area contributed by atoms with E-state index in [1.54, 1.807) is 0 Å². The summed E-state index contributed by atoms with van der Waals surface area (Å²) in [6, 6.07) is 6.62. The Labute approximate surface area is 116 Å². The molecule has 2 nitrogen and oxygen atoms in total. The minimum absolute atomic E-state index is 0.0600. The molecule has 19 heavy (non-hydrogen) atoms. The standard InChI is InChI=1S/C17H24O2/c1-12-5-4-6-16(13(12)2)15-9-7-14(8-10-15)11-17(18)19-3/h4-6,14-15H,7-11H2,1-3H3. The highest BCUT2D eigenvalue weighted by molar-refractivity contribution is 5.69. The smallest absolute Gasteiger partial charge is 0.305 e. The van der Waals surface area contributed by atoms with E-state index in [2.05, 4.69) is 32.0 Å². The van der Waals surface area contributed by atoms with Gasteiger partial charge in [0.05, 0.1) is 7.11 Å². The predicted octanol–water partition coefficient (Wildman–Crippen LogP) is 4.14. The van der Waals surface area contributed by atoms with E-state index in [0.717, 1.165) is 12.8 Å². The maximum absolute atomic E-state index is 11.3. The summed E-state index contributed by atoms with van der Waals surface area (Å²) in [6.45, 7) is 4.41. The summed E-state index contributed by atoms with van der Waals surface area (Å²) < 4.78 is 4.76. The average Bonchev–Trinajstić information content (AvgIpc) is 2.43. The normalized spacial score (nSPS) is 23.1. The van der Waals surface area contributed by atoms with Crippen LogP contribution in [0.3, 0.4) is 0 Å². The molecule has 0 spiro atoms. The van der Waals surface area contributed by atoms with Crippen LogP contribution < -0.4 is 0 Å². The number of aryl methyl sites for hydroxylation is 1. The van der Waals surface area contributed by atoms with Gasteiger partial charge in [-0.05, 0) is 68.1 Å². The van der Waals surface area contributed by atoms with Gasteiger partial charge in [0.25, 0.3) is 0 Å². The van der Waals surface area contributed by atoms with E-state index >= 15 is 0 Å². The monoisotopic (exact) mass is 260 g/mol. The lowest BCUT2D eigenvalue weighted by Crippen LogP contribution is -2.17. The molecule has 1 saturated carbocycles. The Bertz CT molecular complexity index is 443. The Kier molecular flexibility index (Phi) is 4.62. The fourth-order valence-corrected chi connectivity index (χ4v) is 3.21. The van der Waals surface area contributed by atoms with E-state index in [4.69, 9.17) is 4.74 Å². The molecule has 2 rings (SSSR count). The van der Waals surface area contributed by atoms with E-state index < -0.39 is 0 Å². The lowest BCUT2D eigenvalue weighted by atomic mass is 9.76. The van der Waals surface area contributed by atoms with Crippen LogP contribution in [0.4, 0.5) is 0 Å². The lowest BCUT2D eigenvalue weighted by Gasteiger charge is -2.29. The summed E-state index contributed by atoms with van der Waals surface area (Å²) >= 11 is 0. The zero-order chi connectivity index (χ0) is 13.8. The van der Waals surface area contributed by atoms with Crippen LogP contribution in [0.5, 0.6) is 0 Å². The molecule has 1 aromatic carbocycles. The molecule has 0 saturated heterocycles. The Morgan fingerprint density at radius 2 is 1.89 bits per heavy atom. The first-order chi connectivity index (χ1) is 9.11. The van der Waals surface area contributed by atoms with Crippen LogP contribution >= 0.6 is 0 Å². The minimum atomic E-state index is -0.0600. The van der Waals surface area contributed by atoms with Crippen LogP contribution in [-0.2, 0) is 9.53 Å². The third-order valence-electron chi connectivity index (χ3n) is 4.62. The number of ether oxygens (including phenoxy) is 1. The number of benzene rings is 1. The van der Waals surface area contributed by atoms with Crippen molar-refractivity contribution in [2.24, 2.45) is 5.92 Å². The fourth-order valence-electron chi connectivity index (χ4n) is 3.21. The van der Waals surface area contributed by atoms with Crippen molar-refractivity contribution >= 4 is 5.97 Å². The van der Waals surface area contributed by atoms with Crippen molar-refractivity contribution in [3.05, 3.63) is 34.9 Å². The molecule has 0 bridgehead atoms. The molecule has 0 heterocycles. The van der Waals surface area contributed by atoms with Gasteiger partial charge >= 0.3 is 5.97 Å². The molecule has 0 N–H and O–H groups in total. The third-order valence-corrected chi connectivity index (χ3v) is 4.62. The Morgan fingerprint density at radius 3 is 2.53 bits per heavy atom. The SMILES string of the molecule is COC(=O)CC1CCC(c2cccc(C)c2C)CC1. The molecule has 0 aromatic heterocycles. The number of carbonyl (C=O) groups excluding carboxylic acids is 1. The van der Waals surface area contributed by atoms with E-state index in [0.29, 0.717) is 18.3 Å². The molecule has 0 radical (unpaired) electrons. The van der Waals surface area contributed by atoms with Gasteiger partial charge < -0.3 is 4.74 Å². The second kappa shape index (κ2) is 6.23. The predicted molar refractivity (Wildman–Crippen MR) is 77.2 cm³/mol. The minimum Gasteiger partial charge on any atom is -0.469 e. The summed E-state index contributed by atoms with van der Waals surface area (Å²) in [7, 11) is 1.48. The molecule has 0 atom stereocenters. The number of carbonyl (C=O) groups is 1. The van der Waals surface area contributed by atoms with E-state index in [-0.39, 0.29) is 5.97 Å². The van der Waals surface area contributed by atoms with E-state index in [9.17, 15) is 4.79 Å². The van der Waals surface area contributed by atoms with Crippen molar-refractivity contribution in [3.8, 4) is 0 Å². The highest BCUT2D eigenvalue weighted by Crippen LogP contribution is 2.38. The maximum Gasteiger partial charge on any atom is 0.305 e. The third kappa shape index (κ3) is 3.37. The number of hydrogen-bond donors (Lipinski definition) is 0. The van der Waals surface area contributed by atoms with E-state index in [1.807, 2.05) is 0 Å². The van der Waals surface area contributed by atoms with Gasteiger partial charge in [0, 0.05) is 6.42 Å². The molecule has 0 aliphatic heterocycles. The van der Waals surface area contributed by atoms with Gasteiger partial charge in [-0.15, -0.1) is 0 Å². The van der Waals surface area contributed by atoms with Crippen molar-refractivity contribution in [1.29, 1.82) is 0 Å². The van der Waals surface area contributed by atoms with Gasteiger partial charge in [-0.1, -0.05) is 18.2 Å². The zero-order valence-electron chi connectivity index (χ0n) is 12.2. The topological polar surface area (TPSA) is 26.3 Å². The van der Waals surface area contributed by atoms with Crippen LogP contribution in [0.25, 0.3) is 0 Å². The highest BCUT2D eigenvalue weighted by Gasteiger charge is 2.25. The summed E-state index contributed by atoms with van der Waals surface area (Å²) in [5.41, 5.74) is 4.34. The van der Waals surface area contributed by atoms with Crippen molar-refractivity contribution in [2.75, 3.05) is 7.11 Å². The summed E-state index contributed by atoms with van der Waals surface area (Å²) in [4.78, 5) is 11.3. The van der Waals surface area contributed by atoms with Gasteiger partial charge in [0.2, 0.25) is 0 Å². The Morgan fingerprint density at radius 1 is 1.21 bits per heavy atom. The summed E-state index contributed by atoms with van der Waals surface area (Å²) in [5, 5.41) is 0. The fraction of sp³-hybridized carbons (Fsp3) is 0.588. The van der Waals surface area contributed by atoms with Crippen LogP contribution in [-0.4, -0.2) is 13.1 Å². The van der Waals surface area contributed by atoms with Crippen LogP contribution in [0, 0.1) is 19.8 Å². The van der Waals surface area contributed by atoms with Gasteiger partial charge in [-0.3, -0.25) is 4.79 Å². The molecular weight excluding hydrogens is 236 g/mol. The molecule has 2 heteroatoms. The van der Waals surface area contributed by atoms with Gasteiger partial charge in [-0.2, -0.15) is 0 Å². The number of methoxy groups -OCH3 is 1. The Balaban J connectivity index is 1.96. The summed E-state index contributed by atoms with van der Waals surface area (Å²) in [6.07, 6.45) is 5.29. The van der Waals surface area contributed by atoms with Crippen molar-refractivity contribution < 1.29 is 9.53 Å². The summed E-state index contributed by atoms with van der Waals surface area (Å²) in [5.74, 6) is 1.14. The lowest BCUT2D eigenvalue weighted by molar-refractivity contribution is -0.142. The molecule has 104 valence electrons. The van der Waals surface area contributed by atoms with Crippen molar-refractivity contribution in [1.82, 2.24) is 0 Å². The number of hydrogen-bond acceptors (Lipinski definition) is 2. The molecular formula is C17H24O2. The van der Waals surface area contributed by atoms with Gasteiger partial charge in [-0.25, -0.2) is 0 Å². The second-order valence-electron chi connectivity index (χ2n) is 5.79. The van der Waals surface area contributed by atoms with Crippen LogP contribution in [0.2, 0.25) is 0 Å². The number of esters is 1. The average molecular weight is 260 g/mol. The molecule has 1 aliphatic rings. The molecule has 1 aliphatic carbocycles. The molecule has 1 fully saturated rings. The van der Waals surface area contributed by atoms with Gasteiger partial charge in [0.1, 0.15) is 0 Å². The largest absolute Gasteiger partial charge is 0.469 e. The zero-order valence-corrected chi connectivity index (χ0v) is 12.2. The van der Waals surface area contributed by atoms with Crippen LogP contribution in [0.15, 0.2) is 18.2 Å². The molecule has 1 aromatic rings. The molecule has 0 unspecified atom stereocenters. The molecule has 0 amide bonds. The van der Waals surface area contributed by atoms with E-state index in [1.165, 1.54) is 36.6 Å². The first-order valence-corrected chi connectivity index (χ1v) is 7.24. The van der Waals surface area contributed by atoms with Gasteiger partial charge in [0.15, 0.2) is 0 Å². The quantitative estimate of drug-likeness (QED) is 0.763. The maximum atomic E-state index is 11.3. The van der Waals surface area contributed by atoms with Crippen molar-refractivity contribution in [2.45, 2.75) is 51.9 Å². The first kappa shape index (κ1) is 14.1. The first-order valence-electron chi connectivity index (χ1n) is 7.24. The van der Waals surface area contributed by atoms with Crippen LogP contribution in [0.1, 0.15) is 54.7 Å². The number of rotatable bonds is 3. The second-order valence-corrected chi connectivity index (χ2v) is 5.79. The highest BCUT2D eigenvalue weighted by atomic mass is 16.5. The Hall–Kier alpha value is -1.31.